The second kappa shape index (κ2) is 6.78. The first-order valence-corrected chi connectivity index (χ1v) is 8.76. The first-order chi connectivity index (χ1) is 9.52. The zero-order valence-corrected chi connectivity index (χ0v) is 14.3. The summed E-state index contributed by atoms with van der Waals surface area (Å²) < 4.78 is 4.19. The van der Waals surface area contributed by atoms with Gasteiger partial charge in [-0.3, -0.25) is 0 Å². The molecular formula is C15H23N3S2. The molecule has 0 aliphatic heterocycles. The highest BCUT2D eigenvalue weighted by molar-refractivity contribution is 7.09. The summed E-state index contributed by atoms with van der Waals surface area (Å²) in [4.78, 5) is 2.75. The van der Waals surface area contributed by atoms with Crippen molar-refractivity contribution in [1.82, 2.24) is 14.9 Å². The van der Waals surface area contributed by atoms with Crippen LogP contribution in [-0.2, 0) is 11.8 Å². The largest absolute Gasteiger partial charge is 0.309 e. The molecule has 2 heterocycles. The van der Waals surface area contributed by atoms with Crippen LogP contribution in [0.15, 0.2) is 17.5 Å². The predicted molar refractivity (Wildman–Crippen MR) is 87.7 cm³/mol. The van der Waals surface area contributed by atoms with E-state index in [1.807, 2.05) is 11.3 Å². The topological polar surface area (TPSA) is 37.8 Å². The molecule has 2 aromatic heterocycles. The van der Waals surface area contributed by atoms with Gasteiger partial charge in [0, 0.05) is 16.3 Å². The first-order valence-electron chi connectivity index (χ1n) is 7.11. The number of hydrogen-bond donors (Lipinski definition) is 1. The molecule has 1 N–H and O–H groups in total. The molecule has 2 rings (SSSR count). The van der Waals surface area contributed by atoms with Crippen molar-refractivity contribution in [1.29, 1.82) is 0 Å². The standard InChI is InChI=1S/C15H23N3S2/c1-5-16-12(9-8-11-7-6-10-19-11)13-14(15(2,3)4)17-18-20-13/h6-7,10,12,16H,5,8-9H2,1-4H3. The molecule has 20 heavy (non-hydrogen) atoms. The molecule has 0 saturated carbocycles. The summed E-state index contributed by atoms with van der Waals surface area (Å²) in [6, 6.07) is 4.69. The summed E-state index contributed by atoms with van der Waals surface area (Å²) in [6.07, 6.45) is 2.21. The fourth-order valence-corrected chi connectivity index (χ4v) is 3.96. The predicted octanol–water partition coefficient (Wildman–Crippen LogP) is 4.18. The summed E-state index contributed by atoms with van der Waals surface area (Å²) in [5.74, 6) is 0. The van der Waals surface area contributed by atoms with Crippen molar-refractivity contribution in [3.63, 3.8) is 0 Å². The van der Waals surface area contributed by atoms with Crippen LogP contribution in [0, 0.1) is 0 Å². The molecule has 0 aliphatic rings. The zero-order chi connectivity index (χ0) is 14.6. The fourth-order valence-electron chi connectivity index (χ4n) is 2.26. The van der Waals surface area contributed by atoms with E-state index in [1.54, 1.807) is 11.5 Å². The van der Waals surface area contributed by atoms with Gasteiger partial charge in [-0.1, -0.05) is 38.2 Å². The lowest BCUT2D eigenvalue weighted by Crippen LogP contribution is -2.24. The molecule has 0 bridgehead atoms. The maximum Gasteiger partial charge on any atom is 0.0857 e. The Balaban J connectivity index is 2.14. The number of thiophene rings is 1. The number of rotatable bonds is 6. The van der Waals surface area contributed by atoms with Gasteiger partial charge in [0.2, 0.25) is 0 Å². The Labute approximate surface area is 129 Å². The van der Waals surface area contributed by atoms with E-state index < -0.39 is 0 Å². The molecule has 2 aromatic rings. The Bertz CT molecular complexity index is 511. The molecule has 5 heteroatoms. The lowest BCUT2D eigenvalue weighted by atomic mass is 9.89. The second-order valence-electron chi connectivity index (χ2n) is 5.96. The molecule has 3 nitrogen and oxygen atoms in total. The lowest BCUT2D eigenvalue weighted by molar-refractivity contribution is 0.495. The van der Waals surface area contributed by atoms with Gasteiger partial charge < -0.3 is 5.32 Å². The Morgan fingerprint density at radius 2 is 2.15 bits per heavy atom. The minimum atomic E-state index is 0.0545. The number of nitrogens with one attached hydrogen (secondary N) is 1. The van der Waals surface area contributed by atoms with Crippen LogP contribution in [0.5, 0.6) is 0 Å². The Morgan fingerprint density at radius 1 is 1.35 bits per heavy atom. The van der Waals surface area contributed by atoms with Crippen molar-refractivity contribution >= 4 is 22.9 Å². The van der Waals surface area contributed by atoms with E-state index in [-0.39, 0.29) is 5.41 Å². The Morgan fingerprint density at radius 3 is 2.75 bits per heavy atom. The van der Waals surface area contributed by atoms with Crippen molar-refractivity contribution < 1.29 is 0 Å². The van der Waals surface area contributed by atoms with Gasteiger partial charge in [-0.2, -0.15) is 0 Å². The summed E-state index contributed by atoms with van der Waals surface area (Å²) in [5, 5.41) is 10.1. The van der Waals surface area contributed by atoms with Crippen LogP contribution >= 0.6 is 22.9 Å². The van der Waals surface area contributed by atoms with Crippen LogP contribution in [0.4, 0.5) is 0 Å². The molecular weight excluding hydrogens is 286 g/mol. The third-order valence-corrected chi connectivity index (χ3v) is 5.02. The van der Waals surface area contributed by atoms with E-state index in [2.05, 4.69) is 60.1 Å². The molecule has 0 fully saturated rings. The average Bonchev–Trinajstić information content (AvgIpc) is 3.04. The minimum Gasteiger partial charge on any atom is -0.309 e. The highest BCUT2D eigenvalue weighted by Crippen LogP contribution is 2.32. The van der Waals surface area contributed by atoms with E-state index in [0.717, 1.165) is 25.1 Å². The van der Waals surface area contributed by atoms with E-state index in [9.17, 15) is 0 Å². The highest BCUT2D eigenvalue weighted by Gasteiger charge is 2.26. The number of aromatic nitrogens is 2. The monoisotopic (exact) mass is 309 g/mol. The van der Waals surface area contributed by atoms with Crippen LogP contribution in [0.2, 0.25) is 0 Å². The van der Waals surface area contributed by atoms with Crippen LogP contribution in [-0.4, -0.2) is 16.1 Å². The second-order valence-corrected chi connectivity index (χ2v) is 7.78. The van der Waals surface area contributed by atoms with E-state index in [4.69, 9.17) is 0 Å². The van der Waals surface area contributed by atoms with Crippen molar-refractivity contribution in [2.45, 2.75) is 52.0 Å². The molecule has 0 amide bonds. The van der Waals surface area contributed by atoms with Crippen molar-refractivity contribution in [3.05, 3.63) is 33.0 Å². The first kappa shape index (κ1) is 15.6. The zero-order valence-electron chi connectivity index (χ0n) is 12.6. The maximum atomic E-state index is 4.37. The minimum absolute atomic E-state index is 0.0545. The van der Waals surface area contributed by atoms with Crippen LogP contribution < -0.4 is 5.32 Å². The molecule has 0 saturated heterocycles. The normalized spacial score (nSPS) is 13.6. The molecule has 1 atom stereocenters. The number of aryl methyl sites for hydroxylation is 1. The van der Waals surface area contributed by atoms with Gasteiger partial charge in [0.15, 0.2) is 0 Å². The third kappa shape index (κ3) is 3.87. The Kier molecular flexibility index (Phi) is 5.29. The average molecular weight is 310 g/mol. The smallest absolute Gasteiger partial charge is 0.0857 e. The number of nitrogens with zero attached hydrogens (tertiary/aromatic N) is 2. The van der Waals surface area contributed by atoms with Crippen LogP contribution in [0.25, 0.3) is 0 Å². The maximum absolute atomic E-state index is 4.37. The van der Waals surface area contributed by atoms with E-state index in [1.165, 1.54) is 9.75 Å². The van der Waals surface area contributed by atoms with Gasteiger partial charge in [0.25, 0.3) is 0 Å². The molecule has 1 unspecified atom stereocenters. The molecule has 0 aliphatic carbocycles. The summed E-state index contributed by atoms with van der Waals surface area (Å²) in [6.45, 7) is 9.74. The third-order valence-electron chi connectivity index (χ3n) is 3.25. The van der Waals surface area contributed by atoms with Gasteiger partial charge >= 0.3 is 0 Å². The SMILES string of the molecule is CCNC(CCc1cccs1)c1snnc1C(C)(C)C. The van der Waals surface area contributed by atoms with Gasteiger partial charge in [0.1, 0.15) is 0 Å². The van der Waals surface area contributed by atoms with Crippen molar-refractivity contribution in [2.24, 2.45) is 0 Å². The van der Waals surface area contributed by atoms with Crippen molar-refractivity contribution in [3.8, 4) is 0 Å². The molecule has 0 aromatic carbocycles. The van der Waals surface area contributed by atoms with Gasteiger partial charge in [-0.15, -0.1) is 16.4 Å². The summed E-state index contributed by atoms with van der Waals surface area (Å²) >= 11 is 3.38. The number of hydrogen-bond acceptors (Lipinski definition) is 5. The summed E-state index contributed by atoms with van der Waals surface area (Å²) in [7, 11) is 0. The fraction of sp³-hybridized carbons (Fsp3) is 0.600. The quantitative estimate of drug-likeness (QED) is 0.870. The van der Waals surface area contributed by atoms with Gasteiger partial charge in [-0.05, 0) is 42.4 Å². The molecule has 110 valence electrons. The van der Waals surface area contributed by atoms with E-state index in [0.29, 0.717) is 6.04 Å². The van der Waals surface area contributed by atoms with E-state index >= 15 is 0 Å². The van der Waals surface area contributed by atoms with Crippen molar-refractivity contribution in [2.75, 3.05) is 6.54 Å². The summed E-state index contributed by atoms with van der Waals surface area (Å²) in [5.41, 5.74) is 1.19. The molecule has 0 spiro atoms. The van der Waals surface area contributed by atoms with Gasteiger partial charge in [0.05, 0.1) is 10.6 Å². The van der Waals surface area contributed by atoms with Crippen LogP contribution in [0.1, 0.15) is 55.6 Å². The van der Waals surface area contributed by atoms with Gasteiger partial charge in [-0.25, -0.2) is 0 Å². The molecule has 0 radical (unpaired) electrons. The highest BCUT2D eigenvalue weighted by atomic mass is 32.1. The lowest BCUT2D eigenvalue weighted by Gasteiger charge is -2.22. The Hall–Kier alpha value is -0.780. The van der Waals surface area contributed by atoms with Crippen LogP contribution in [0.3, 0.4) is 0 Å².